The van der Waals surface area contributed by atoms with Crippen LogP contribution in [-0.2, 0) is 10.0 Å². The van der Waals surface area contributed by atoms with Gasteiger partial charge in [0, 0.05) is 10.5 Å². The highest BCUT2D eigenvalue weighted by Gasteiger charge is 2.19. The van der Waals surface area contributed by atoms with Crippen LogP contribution in [0.5, 0.6) is 0 Å². The highest BCUT2D eigenvalue weighted by Crippen LogP contribution is 2.25. The Hall–Kier alpha value is -0.140. The summed E-state index contributed by atoms with van der Waals surface area (Å²) in [7, 11) is -3.68. The van der Waals surface area contributed by atoms with E-state index in [0.717, 1.165) is 0 Å². The van der Waals surface area contributed by atoms with Gasteiger partial charge in [-0.05, 0) is 25.1 Å². The molecule has 7 heteroatoms. The van der Waals surface area contributed by atoms with Crippen LogP contribution in [0.25, 0.3) is 0 Å². The molecule has 0 saturated carbocycles. The van der Waals surface area contributed by atoms with Crippen molar-refractivity contribution >= 4 is 37.6 Å². The molecule has 0 aromatic heterocycles. The Bertz CT molecular complexity index is 478. The van der Waals surface area contributed by atoms with E-state index in [4.69, 9.17) is 16.7 Å². The molecule has 0 fully saturated rings. The van der Waals surface area contributed by atoms with Crippen LogP contribution in [-0.4, -0.2) is 26.2 Å². The van der Waals surface area contributed by atoms with E-state index in [9.17, 15) is 8.42 Å². The van der Waals surface area contributed by atoms with E-state index < -0.39 is 16.1 Å². The third-order valence-electron chi connectivity index (χ3n) is 1.81. The van der Waals surface area contributed by atoms with Gasteiger partial charge in [0.15, 0.2) is 0 Å². The van der Waals surface area contributed by atoms with Crippen molar-refractivity contribution in [3.63, 3.8) is 0 Å². The first-order valence-corrected chi connectivity index (χ1v) is 7.10. The Morgan fingerprint density at radius 3 is 2.69 bits per heavy atom. The van der Waals surface area contributed by atoms with Crippen molar-refractivity contribution in [1.29, 1.82) is 0 Å². The van der Waals surface area contributed by atoms with Gasteiger partial charge in [-0.3, -0.25) is 0 Å². The highest BCUT2D eigenvalue weighted by molar-refractivity contribution is 9.10. The summed E-state index contributed by atoms with van der Waals surface area (Å²) in [4.78, 5) is -0.00216. The number of aliphatic hydroxyl groups is 1. The summed E-state index contributed by atoms with van der Waals surface area (Å²) < 4.78 is 26.6. The average Bonchev–Trinajstić information content (AvgIpc) is 2.16. The maximum Gasteiger partial charge on any atom is 0.242 e. The molecule has 0 spiro atoms. The summed E-state index contributed by atoms with van der Waals surface area (Å²) in [6, 6.07) is 3.94. The minimum Gasteiger partial charge on any atom is -0.395 e. The Balaban J connectivity index is 3.08. The van der Waals surface area contributed by atoms with Gasteiger partial charge in [-0.15, -0.1) is 0 Å². The molecule has 1 aromatic carbocycles. The summed E-state index contributed by atoms with van der Waals surface area (Å²) >= 11 is 9.02. The van der Waals surface area contributed by atoms with Crippen LogP contribution in [0.15, 0.2) is 27.6 Å². The number of rotatable bonds is 4. The summed E-state index contributed by atoms with van der Waals surface area (Å²) in [6.07, 6.45) is 0. The lowest BCUT2D eigenvalue weighted by Gasteiger charge is -2.12. The number of sulfonamides is 1. The van der Waals surface area contributed by atoms with Gasteiger partial charge in [-0.2, -0.15) is 0 Å². The predicted octanol–water partition coefficient (Wildman–Crippen LogP) is 1.76. The Labute approximate surface area is 108 Å². The van der Waals surface area contributed by atoms with Gasteiger partial charge >= 0.3 is 0 Å². The first-order valence-electron chi connectivity index (χ1n) is 4.45. The molecule has 1 aromatic rings. The van der Waals surface area contributed by atoms with Crippen LogP contribution in [0.4, 0.5) is 0 Å². The van der Waals surface area contributed by atoms with Crippen molar-refractivity contribution in [3.05, 3.63) is 27.7 Å². The number of benzene rings is 1. The molecule has 0 unspecified atom stereocenters. The normalized spacial score (nSPS) is 13.8. The van der Waals surface area contributed by atoms with E-state index in [2.05, 4.69) is 20.7 Å². The van der Waals surface area contributed by atoms with E-state index in [-0.39, 0.29) is 16.5 Å². The maximum atomic E-state index is 11.8. The van der Waals surface area contributed by atoms with E-state index in [1.54, 1.807) is 13.0 Å². The third kappa shape index (κ3) is 3.43. The van der Waals surface area contributed by atoms with Crippen molar-refractivity contribution in [2.75, 3.05) is 6.61 Å². The zero-order chi connectivity index (χ0) is 12.3. The van der Waals surface area contributed by atoms with Gasteiger partial charge in [0.1, 0.15) is 4.90 Å². The van der Waals surface area contributed by atoms with Crippen molar-refractivity contribution in [2.45, 2.75) is 17.9 Å². The molecule has 0 bridgehead atoms. The lowest BCUT2D eigenvalue weighted by Crippen LogP contribution is -2.35. The number of hydrogen-bond acceptors (Lipinski definition) is 3. The van der Waals surface area contributed by atoms with Crippen LogP contribution < -0.4 is 4.72 Å². The summed E-state index contributed by atoms with van der Waals surface area (Å²) in [5.74, 6) is 0. The summed E-state index contributed by atoms with van der Waals surface area (Å²) in [6.45, 7) is 1.29. The minimum atomic E-state index is -3.68. The molecule has 0 aliphatic rings. The van der Waals surface area contributed by atoms with Crippen molar-refractivity contribution in [3.8, 4) is 0 Å². The van der Waals surface area contributed by atoms with E-state index in [0.29, 0.717) is 4.47 Å². The first-order chi connectivity index (χ1) is 7.36. The molecule has 0 saturated heterocycles. The quantitative estimate of drug-likeness (QED) is 0.885. The molecular formula is C9H11BrClNO3S. The molecule has 90 valence electrons. The predicted molar refractivity (Wildman–Crippen MR) is 66.0 cm³/mol. The van der Waals surface area contributed by atoms with E-state index in [1.165, 1.54) is 12.1 Å². The van der Waals surface area contributed by atoms with Gasteiger partial charge in [0.2, 0.25) is 10.0 Å². The fourth-order valence-corrected chi connectivity index (χ4v) is 3.33. The van der Waals surface area contributed by atoms with Gasteiger partial charge in [0.25, 0.3) is 0 Å². The molecule has 1 rings (SSSR count). The lowest BCUT2D eigenvalue weighted by atomic mass is 10.4. The van der Waals surface area contributed by atoms with Gasteiger partial charge in [-0.25, -0.2) is 13.1 Å². The van der Waals surface area contributed by atoms with Gasteiger partial charge in [-0.1, -0.05) is 27.5 Å². The second kappa shape index (κ2) is 5.46. The van der Waals surface area contributed by atoms with Crippen LogP contribution in [0, 0.1) is 0 Å². The Morgan fingerprint density at radius 2 is 2.19 bits per heavy atom. The molecule has 0 amide bonds. The molecule has 2 N–H and O–H groups in total. The lowest BCUT2D eigenvalue weighted by molar-refractivity contribution is 0.265. The van der Waals surface area contributed by atoms with Crippen molar-refractivity contribution in [2.24, 2.45) is 0 Å². The molecule has 0 heterocycles. The van der Waals surface area contributed by atoms with Gasteiger partial charge < -0.3 is 5.11 Å². The standard InChI is InChI=1S/C9H11BrClNO3S/c1-6(5-13)12-16(14,15)9-3-2-7(10)4-8(9)11/h2-4,6,12-13H,5H2,1H3/t6-/m1/s1. The number of halogens is 2. The second-order valence-corrected chi connectivity index (χ2v) is 6.28. The molecule has 0 radical (unpaired) electrons. The maximum absolute atomic E-state index is 11.8. The number of aliphatic hydroxyl groups excluding tert-OH is 1. The van der Waals surface area contributed by atoms with Crippen LogP contribution >= 0.6 is 27.5 Å². The smallest absolute Gasteiger partial charge is 0.242 e. The molecule has 4 nitrogen and oxygen atoms in total. The molecular weight excluding hydrogens is 318 g/mol. The Morgan fingerprint density at radius 1 is 1.56 bits per heavy atom. The zero-order valence-corrected chi connectivity index (χ0v) is 11.6. The summed E-state index contributed by atoms with van der Waals surface area (Å²) in [5.41, 5.74) is 0. The average molecular weight is 329 g/mol. The van der Waals surface area contributed by atoms with Crippen LogP contribution in [0.1, 0.15) is 6.92 Å². The number of nitrogens with one attached hydrogen (secondary N) is 1. The van der Waals surface area contributed by atoms with E-state index in [1.807, 2.05) is 0 Å². The highest BCUT2D eigenvalue weighted by atomic mass is 79.9. The molecule has 0 aliphatic carbocycles. The summed E-state index contributed by atoms with van der Waals surface area (Å²) in [5, 5.41) is 8.92. The van der Waals surface area contributed by atoms with Crippen LogP contribution in [0.2, 0.25) is 5.02 Å². The molecule has 0 aliphatic heterocycles. The van der Waals surface area contributed by atoms with Crippen molar-refractivity contribution in [1.82, 2.24) is 4.72 Å². The Kier molecular flexibility index (Phi) is 4.75. The monoisotopic (exact) mass is 327 g/mol. The minimum absolute atomic E-state index is 0.00216. The molecule has 1 atom stereocenters. The fourth-order valence-electron chi connectivity index (χ4n) is 1.06. The van der Waals surface area contributed by atoms with Gasteiger partial charge in [0.05, 0.1) is 11.6 Å². The van der Waals surface area contributed by atoms with Crippen molar-refractivity contribution < 1.29 is 13.5 Å². The van der Waals surface area contributed by atoms with E-state index >= 15 is 0 Å². The second-order valence-electron chi connectivity index (χ2n) is 3.28. The first kappa shape index (κ1) is 13.9. The fraction of sp³-hybridized carbons (Fsp3) is 0.333. The SMILES string of the molecule is C[C@H](CO)NS(=O)(=O)c1ccc(Br)cc1Cl. The third-order valence-corrected chi connectivity index (χ3v) is 4.38. The largest absolute Gasteiger partial charge is 0.395 e. The van der Waals surface area contributed by atoms with Crippen LogP contribution in [0.3, 0.4) is 0 Å². The molecule has 16 heavy (non-hydrogen) atoms. The zero-order valence-electron chi connectivity index (χ0n) is 8.44. The topological polar surface area (TPSA) is 66.4 Å². The number of hydrogen-bond donors (Lipinski definition) is 2.